The van der Waals surface area contributed by atoms with Crippen LogP contribution in [-0.4, -0.2) is 17.2 Å². The second-order valence-electron chi connectivity index (χ2n) is 11.1. The maximum absolute atomic E-state index is 16.0. The molecule has 0 N–H and O–H groups in total. The predicted molar refractivity (Wildman–Crippen MR) is 135 cm³/mol. The zero-order chi connectivity index (χ0) is 33.3. The van der Waals surface area contributed by atoms with Gasteiger partial charge in [-0.05, 0) is 25.7 Å². The average Bonchev–Trinajstić information content (AvgIpc) is 3.75. The van der Waals surface area contributed by atoms with Crippen LogP contribution in [0.25, 0.3) is 0 Å². The van der Waals surface area contributed by atoms with Crippen molar-refractivity contribution < 1.29 is 65.9 Å². The molecule has 0 amide bonds. The molecule has 0 heterocycles. The monoisotopic (exact) mass is 681 g/mol. The molecule has 0 atom stereocenters. The molecule has 244 valence electrons. The van der Waals surface area contributed by atoms with Gasteiger partial charge in [0.1, 0.15) is 40.8 Å². The molecule has 3 aromatic carbocycles. The molecular weight excluding hydrogens is 663 g/mol. The van der Waals surface area contributed by atoms with Gasteiger partial charge in [0.25, 0.3) is 0 Å². The standard InChI is InChI=1S/C28H18BF15P/c30-14-11(15(31)21(37)26(42)20(14)36)29(12-16(32)22(38)27(43)23(39)17(12)33,13-18(34)24(40)28(44)25(41)19(13)35)45(9-5-1-2-6-9)10-7-3-4-8-10/h9-10H,1-8H2/q-1. The van der Waals surface area contributed by atoms with Gasteiger partial charge in [-0.3, -0.25) is 7.80 Å². The van der Waals surface area contributed by atoms with Gasteiger partial charge in [-0.25, -0.2) is 65.9 Å². The number of benzene rings is 3. The van der Waals surface area contributed by atoms with E-state index < -0.39 is 129 Å². The topological polar surface area (TPSA) is 0 Å². The summed E-state index contributed by atoms with van der Waals surface area (Å²) in [6.07, 6.45) is 0.554. The first-order valence-electron chi connectivity index (χ1n) is 13.6. The van der Waals surface area contributed by atoms with Crippen LogP contribution in [0.2, 0.25) is 0 Å². The molecule has 0 aromatic heterocycles. The minimum atomic E-state index is -5.46. The van der Waals surface area contributed by atoms with Gasteiger partial charge >= 0.3 is 0 Å². The van der Waals surface area contributed by atoms with E-state index in [0.29, 0.717) is 0 Å². The van der Waals surface area contributed by atoms with Crippen molar-refractivity contribution in [3.05, 3.63) is 87.3 Å². The van der Waals surface area contributed by atoms with E-state index in [4.69, 9.17) is 0 Å². The van der Waals surface area contributed by atoms with Crippen LogP contribution in [-0.2, 0) is 0 Å². The van der Waals surface area contributed by atoms with Crippen molar-refractivity contribution in [3.63, 3.8) is 0 Å². The van der Waals surface area contributed by atoms with Crippen molar-refractivity contribution in [3.8, 4) is 0 Å². The van der Waals surface area contributed by atoms with Crippen molar-refractivity contribution in [2.45, 2.75) is 62.7 Å². The molecular formula is C28H18BF15P-. The van der Waals surface area contributed by atoms with Crippen molar-refractivity contribution in [2.24, 2.45) is 0 Å². The van der Waals surface area contributed by atoms with E-state index in [9.17, 15) is 39.5 Å². The zero-order valence-corrected chi connectivity index (χ0v) is 23.4. The quantitative estimate of drug-likeness (QED) is 0.0812. The molecule has 0 spiro atoms. The molecule has 2 aliphatic carbocycles. The van der Waals surface area contributed by atoms with Crippen molar-refractivity contribution in [1.82, 2.24) is 0 Å². The number of hydrogen-bond acceptors (Lipinski definition) is 0. The van der Waals surface area contributed by atoms with Gasteiger partial charge in [0.05, 0.1) is 0 Å². The summed E-state index contributed by atoms with van der Waals surface area (Å²) in [6, 6.07) is 0. The van der Waals surface area contributed by atoms with Crippen LogP contribution in [0.3, 0.4) is 0 Å². The van der Waals surface area contributed by atoms with Crippen LogP contribution < -0.4 is 16.4 Å². The Labute approximate surface area is 246 Å². The fraction of sp³-hybridized carbons (Fsp3) is 0.357. The lowest BCUT2D eigenvalue weighted by Crippen LogP contribution is -2.73. The van der Waals surface area contributed by atoms with E-state index in [-0.39, 0.29) is 51.4 Å². The van der Waals surface area contributed by atoms with Gasteiger partial charge in [0.15, 0.2) is 52.4 Å². The summed E-state index contributed by atoms with van der Waals surface area (Å²) in [7, 11) is -3.18. The summed E-state index contributed by atoms with van der Waals surface area (Å²) < 4.78 is 228. The van der Waals surface area contributed by atoms with Gasteiger partial charge in [0.2, 0.25) is 0 Å². The lowest BCUT2D eigenvalue weighted by Gasteiger charge is -2.55. The van der Waals surface area contributed by atoms with E-state index in [1.807, 2.05) is 0 Å². The minimum Gasteiger partial charge on any atom is -0.254 e. The minimum absolute atomic E-state index is 0.0914. The highest BCUT2D eigenvalue weighted by Crippen LogP contribution is 2.63. The molecule has 2 aliphatic rings. The van der Waals surface area contributed by atoms with Crippen LogP contribution in [0.15, 0.2) is 0 Å². The van der Waals surface area contributed by atoms with Gasteiger partial charge in [0, 0.05) is 0 Å². The smallest absolute Gasteiger partial charge is 0.200 e. The van der Waals surface area contributed by atoms with E-state index in [1.165, 1.54) is 0 Å². The molecule has 0 unspecified atom stereocenters. The Hall–Kier alpha value is -2.90. The molecule has 0 nitrogen and oxygen atoms in total. The molecule has 0 aliphatic heterocycles. The third kappa shape index (κ3) is 4.74. The molecule has 17 heteroatoms. The number of halogens is 15. The average molecular weight is 681 g/mol. The van der Waals surface area contributed by atoms with Gasteiger partial charge in [-0.1, -0.05) is 37.0 Å². The van der Waals surface area contributed by atoms with Crippen molar-refractivity contribution >= 4 is 30.1 Å². The summed E-state index contributed by atoms with van der Waals surface area (Å²) in [5.74, 6) is -49.2. The Morgan fingerprint density at radius 2 is 0.489 bits per heavy atom. The second kappa shape index (κ2) is 12.0. The molecule has 0 saturated heterocycles. The number of rotatable bonds is 6. The molecule has 45 heavy (non-hydrogen) atoms. The van der Waals surface area contributed by atoms with E-state index in [1.54, 1.807) is 0 Å². The third-order valence-corrected chi connectivity index (χ3v) is 13.3. The third-order valence-electron chi connectivity index (χ3n) is 8.92. The van der Waals surface area contributed by atoms with Gasteiger partial charge in [-0.15, -0.1) is 16.4 Å². The Kier molecular flexibility index (Phi) is 8.95. The highest BCUT2D eigenvalue weighted by Gasteiger charge is 2.54. The highest BCUT2D eigenvalue weighted by molar-refractivity contribution is 8.02. The summed E-state index contributed by atoms with van der Waals surface area (Å²) >= 11 is 0. The normalized spacial score (nSPS) is 16.5. The summed E-state index contributed by atoms with van der Waals surface area (Å²) in [6.45, 7) is 0. The van der Waals surface area contributed by atoms with E-state index in [0.717, 1.165) is 0 Å². The first-order chi connectivity index (χ1) is 21.1. The zero-order valence-electron chi connectivity index (χ0n) is 22.5. The van der Waals surface area contributed by atoms with Crippen LogP contribution in [0, 0.1) is 87.3 Å². The second-order valence-corrected chi connectivity index (χ2v) is 14.2. The first kappa shape index (κ1) is 33.5. The summed E-state index contributed by atoms with van der Waals surface area (Å²) in [5, 5.41) is 0. The maximum atomic E-state index is 16.0. The van der Waals surface area contributed by atoms with Crippen molar-refractivity contribution in [2.75, 3.05) is 0 Å². The largest absolute Gasteiger partial charge is 0.254 e. The first-order valence-corrected chi connectivity index (χ1v) is 15.2. The summed E-state index contributed by atoms with van der Waals surface area (Å²) in [4.78, 5) is 0. The molecule has 2 saturated carbocycles. The Morgan fingerprint density at radius 3 is 0.689 bits per heavy atom. The highest BCUT2D eigenvalue weighted by atomic mass is 31.1. The summed E-state index contributed by atoms with van der Waals surface area (Å²) in [5.41, 5.74) is -9.68. The Bertz CT molecular complexity index is 1430. The molecule has 2 fully saturated rings. The molecule has 5 rings (SSSR count). The van der Waals surface area contributed by atoms with Crippen LogP contribution >= 0.6 is 7.80 Å². The molecule has 3 aromatic rings. The molecule has 0 bridgehead atoms. The Balaban J connectivity index is 2.21. The number of hydrogen-bond donors (Lipinski definition) is 0. The lowest BCUT2D eigenvalue weighted by atomic mass is 9.33. The van der Waals surface area contributed by atoms with Gasteiger partial charge in [-0.2, -0.15) is 0 Å². The fourth-order valence-corrected chi connectivity index (χ4v) is 12.5. The van der Waals surface area contributed by atoms with Crippen LogP contribution in [0.4, 0.5) is 65.9 Å². The predicted octanol–water partition coefficient (Wildman–Crippen LogP) is 8.11. The van der Waals surface area contributed by atoms with Crippen LogP contribution in [0.1, 0.15) is 51.4 Å². The fourth-order valence-electron chi connectivity index (χ4n) is 7.18. The van der Waals surface area contributed by atoms with Crippen molar-refractivity contribution in [1.29, 1.82) is 0 Å². The van der Waals surface area contributed by atoms with Crippen LogP contribution in [0.5, 0.6) is 0 Å². The lowest BCUT2D eigenvalue weighted by molar-refractivity contribution is 0.380. The van der Waals surface area contributed by atoms with E-state index >= 15 is 26.3 Å². The molecule has 0 radical (unpaired) electrons. The Morgan fingerprint density at radius 1 is 0.311 bits per heavy atom. The maximum Gasteiger partial charge on any atom is 0.200 e. The van der Waals surface area contributed by atoms with E-state index in [2.05, 4.69) is 0 Å². The SMILES string of the molecule is Fc1c(F)c(F)c([B-](c2c(F)c(F)c(F)c(F)c2F)(c2c(F)c(F)c(F)c(F)c2F)P(C2CCCC2)C2CCCC2)c(F)c1F. The van der Waals surface area contributed by atoms with Gasteiger partial charge < -0.3 is 0 Å².